The van der Waals surface area contributed by atoms with E-state index in [1.165, 1.54) is 32.1 Å². The Bertz CT molecular complexity index is 156. The van der Waals surface area contributed by atoms with Crippen LogP contribution in [0, 0.1) is 5.41 Å². The average Bonchev–Trinajstić information content (AvgIpc) is 2.17. The molecular formula is C13H27NO. The number of rotatable bonds is 5. The van der Waals surface area contributed by atoms with E-state index in [1.54, 1.807) is 0 Å². The van der Waals surface area contributed by atoms with Crippen molar-refractivity contribution in [3.05, 3.63) is 0 Å². The minimum absolute atomic E-state index is 0.404. The SMILES string of the molecule is CC(C)(C)CNCCCC1CCCCO1. The normalized spacial score (nSPS) is 23.0. The summed E-state index contributed by atoms with van der Waals surface area (Å²) in [6.07, 6.45) is 6.94. The Kier molecular flexibility index (Phi) is 5.62. The molecule has 0 saturated carbocycles. The second-order valence-electron chi connectivity index (χ2n) is 5.87. The summed E-state index contributed by atoms with van der Waals surface area (Å²) >= 11 is 0. The molecule has 0 radical (unpaired) electrons. The topological polar surface area (TPSA) is 21.3 Å². The summed E-state index contributed by atoms with van der Waals surface area (Å²) in [4.78, 5) is 0. The van der Waals surface area contributed by atoms with Crippen molar-refractivity contribution < 1.29 is 4.74 Å². The molecule has 1 rings (SSSR count). The van der Waals surface area contributed by atoms with Crippen molar-refractivity contribution in [3.63, 3.8) is 0 Å². The first-order valence-corrected chi connectivity index (χ1v) is 6.40. The van der Waals surface area contributed by atoms with Gasteiger partial charge < -0.3 is 10.1 Å². The van der Waals surface area contributed by atoms with E-state index < -0.39 is 0 Å². The van der Waals surface area contributed by atoms with Crippen LogP contribution in [0.25, 0.3) is 0 Å². The highest BCUT2D eigenvalue weighted by atomic mass is 16.5. The zero-order valence-corrected chi connectivity index (χ0v) is 10.6. The van der Waals surface area contributed by atoms with E-state index >= 15 is 0 Å². The Morgan fingerprint density at radius 2 is 2.07 bits per heavy atom. The first kappa shape index (κ1) is 13.0. The molecule has 0 spiro atoms. The molecule has 0 bridgehead atoms. The minimum Gasteiger partial charge on any atom is -0.378 e. The van der Waals surface area contributed by atoms with Gasteiger partial charge in [0, 0.05) is 6.61 Å². The maximum absolute atomic E-state index is 5.70. The van der Waals surface area contributed by atoms with Gasteiger partial charge in [-0.15, -0.1) is 0 Å². The van der Waals surface area contributed by atoms with Crippen LogP contribution in [0.5, 0.6) is 0 Å². The quantitative estimate of drug-likeness (QED) is 0.709. The molecule has 2 nitrogen and oxygen atoms in total. The zero-order chi connectivity index (χ0) is 11.1. The van der Waals surface area contributed by atoms with E-state index in [1.807, 2.05) is 0 Å². The van der Waals surface area contributed by atoms with Crippen molar-refractivity contribution in [2.75, 3.05) is 19.7 Å². The smallest absolute Gasteiger partial charge is 0.0575 e. The van der Waals surface area contributed by atoms with Crippen molar-refractivity contribution >= 4 is 0 Å². The van der Waals surface area contributed by atoms with Crippen LogP contribution in [-0.4, -0.2) is 25.8 Å². The second kappa shape index (κ2) is 6.49. The van der Waals surface area contributed by atoms with E-state index in [9.17, 15) is 0 Å². The lowest BCUT2D eigenvalue weighted by Crippen LogP contribution is -2.28. The molecule has 1 saturated heterocycles. The third kappa shape index (κ3) is 6.91. The lowest BCUT2D eigenvalue weighted by molar-refractivity contribution is 0.0102. The van der Waals surface area contributed by atoms with E-state index in [-0.39, 0.29) is 0 Å². The first-order chi connectivity index (χ1) is 7.08. The van der Waals surface area contributed by atoms with Crippen LogP contribution < -0.4 is 5.32 Å². The van der Waals surface area contributed by atoms with Crippen LogP contribution in [0.2, 0.25) is 0 Å². The van der Waals surface area contributed by atoms with Crippen LogP contribution in [0.1, 0.15) is 52.9 Å². The number of hydrogen-bond acceptors (Lipinski definition) is 2. The third-order valence-corrected chi connectivity index (χ3v) is 2.81. The number of ether oxygens (including phenoxy) is 1. The summed E-state index contributed by atoms with van der Waals surface area (Å²) < 4.78 is 5.70. The molecule has 2 heteroatoms. The summed E-state index contributed by atoms with van der Waals surface area (Å²) in [6.45, 7) is 10.0. The fraction of sp³-hybridized carbons (Fsp3) is 1.00. The molecule has 15 heavy (non-hydrogen) atoms. The third-order valence-electron chi connectivity index (χ3n) is 2.81. The maximum atomic E-state index is 5.70. The summed E-state index contributed by atoms with van der Waals surface area (Å²) in [6, 6.07) is 0. The molecule has 1 aliphatic rings. The van der Waals surface area contributed by atoms with Crippen LogP contribution in [0.15, 0.2) is 0 Å². The van der Waals surface area contributed by atoms with Gasteiger partial charge in [-0.1, -0.05) is 20.8 Å². The van der Waals surface area contributed by atoms with Gasteiger partial charge in [-0.3, -0.25) is 0 Å². The Labute approximate surface area is 94.8 Å². The van der Waals surface area contributed by atoms with Crippen LogP contribution in [-0.2, 0) is 4.74 Å². The predicted molar refractivity (Wildman–Crippen MR) is 65.1 cm³/mol. The first-order valence-electron chi connectivity index (χ1n) is 6.40. The fourth-order valence-electron chi connectivity index (χ4n) is 1.95. The molecule has 1 N–H and O–H groups in total. The van der Waals surface area contributed by atoms with Gasteiger partial charge in [-0.05, 0) is 50.6 Å². The number of hydrogen-bond donors (Lipinski definition) is 1. The molecule has 90 valence electrons. The highest BCUT2D eigenvalue weighted by Crippen LogP contribution is 2.16. The Morgan fingerprint density at radius 3 is 2.67 bits per heavy atom. The Hall–Kier alpha value is -0.0800. The molecule has 1 heterocycles. The molecule has 1 unspecified atom stereocenters. The molecule has 0 aromatic rings. The van der Waals surface area contributed by atoms with E-state index in [0.29, 0.717) is 11.5 Å². The van der Waals surface area contributed by atoms with Gasteiger partial charge in [0.05, 0.1) is 6.10 Å². The summed E-state index contributed by atoms with van der Waals surface area (Å²) in [5.41, 5.74) is 0.404. The Balaban J connectivity index is 1.92. The van der Waals surface area contributed by atoms with E-state index in [2.05, 4.69) is 26.1 Å². The van der Waals surface area contributed by atoms with Gasteiger partial charge in [0.1, 0.15) is 0 Å². The van der Waals surface area contributed by atoms with Crippen LogP contribution in [0.3, 0.4) is 0 Å². The van der Waals surface area contributed by atoms with Crippen molar-refractivity contribution in [2.24, 2.45) is 5.41 Å². The van der Waals surface area contributed by atoms with Crippen molar-refractivity contribution in [2.45, 2.75) is 59.0 Å². The lowest BCUT2D eigenvalue weighted by Gasteiger charge is -2.23. The summed E-state index contributed by atoms with van der Waals surface area (Å²) in [7, 11) is 0. The van der Waals surface area contributed by atoms with E-state index in [0.717, 1.165) is 19.7 Å². The molecule has 0 aromatic heterocycles. The second-order valence-corrected chi connectivity index (χ2v) is 5.87. The summed E-state index contributed by atoms with van der Waals surface area (Å²) in [5.74, 6) is 0. The monoisotopic (exact) mass is 213 g/mol. The van der Waals surface area contributed by atoms with E-state index in [4.69, 9.17) is 4.74 Å². The fourth-order valence-corrected chi connectivity index (χ4v) is 1.95. The molecule has 1 atom stereocenters. The van der Waals surface area contributed by atoms with Crippen molar-refractivity contribution in [3.8, 4) is 0 Å². The zero-order valence-electron chi connectivity index (χ0n) is 10.6. The minimum atomic E-state index is 0.404. The largest absolute Gasteiger partial charge is 0.378 e. The molecule has 1 aliphatic heterocycles. The predicted octanol–water partition coefficient (Wildman–Crippen LogP) is 2.97. The molecule has 0 aliphatic carbocycles. The summed E-state index contributed by atoms with van der Waals surface area (Å²) in [5, 5.41) is 3.51. The van der Waals surface area contributed by atoms with Gasteiger partial charge >= 0.3 is 0 Å². The van der Waals surface area contributed by atoms with Crippen LogP contribution >= 0.6 is 0 Å². The van der Waals surface area contributed by atoms with Gasteiger partial charge in [-0.2, -0.15) is 0 Å². The highest BCUT2D eigenvalue weighted by Gasteiger charge is 2.13. The standard InChI is InChI=1S/C13H27NO/c1-13(2,3)11-14-9-6-8-12-7-4-5-10-15-12/h12,14H,4-11H2,1-3H3. The molecule has 0 aromatic carbocycles. The van der Waals surface area contributed by atoms with Gasteiger partial charge in [-0.25, -0.2) is 0 Å². The van der Waals surface area contributed by atoms with Crippen molar-refractivity contribution in [1.29, 1.82) is 0 Å². The maximum Gasteiger partial charge on any atom is 0.0575 e. The average molecular weight is 213 g/mol. The van der Waals surface area contributed by atoms with Crippen LogP contribution in [0.4, 0.5) is 0 Å². The van der Waals surface area contributed by atoms with Gasteiger partial charge in [0.2, 0.25) is 0 Å². The molecular weight excluding hydrogens is 186 g/mol. The molecule has 1 fully saturated rings. The molecule has 0 amide bonds. The number of nitrogens with one attached hydrogen (secondary N) is 1. The highest BCUT2D eigenvalue weighted by molar-refractivity contribution is 4.67. The van der Waals surface area contributed by atoms with Gasteiger partial charge in [0.25, 0.3) is 0 Å². The Morgan fingerprint density at radius 1 is 1.27 bits per heavy atom. The lowest BCUT2D eigenvalue weighted by atomic mass is 9.97. The van der Waals surface area contributed by atoms with Crippen molar-refractivity contribution in [1.82, 2.24) is 5.32 Å². The van der Waals surface area contributed by atoms with Gasteiger partial charge in [0.15, 0.2) is 0 Å².